The third kappa shape index (κ3) is 3.33. The Morgan fingerprint density at radius 3 is 1.76 bits per heavy atom. The Labute approximate surface area is 103 Å². The summed E-state index contributed by atoms with van der Waals surface area (Å²) in [6.07, 6.45) is 2.94. The minimum atomic E-state index is 0.00747. The van der Waals surface area contributed by atoms with Crippen LogP contribution >= 0.6 is 11.3 Å². The summed E-state index contributed by atoms with van der Waals surface area (Å²) in [4.78, 5) is 7.57. The number of nitrogens with zero attached hydrogens (tertiary/aromatic N) is 4. The van der Waals surface area contributed by atoms with Gasteiger partial charge < -0.3 is 0 Å². The van der Waals surface area contributed by atoms with Gasteiger partial charge in [-0.3, -0.25) is 0 Å². The van der Waals surface area contributed by atoms with Gasteiger partial charge >= 0.3 is 0 Å². The minimum Gasteiger partial charge on any atom is -0.227 e. The van der Waals surface area contributed by atoms with Gasteiger partial charge in [0.05, 0.1) is 25.3 Å². The van der Waals surface area contributed by atoms with Crippen LogP contribution in [0.1, 0.15) is 9.75 Å². The second-order valence-electron chi connectivity index (χ2n) is 2.75. The van der Waals surface area contributed by atoms with Gasteiger partial charge in [-0.2, -0.15) is 0 Å². The predicted octanol–water partition coefficient (Wildman–Crippen LogP) is 3.32. The van der Waals surface area contributed by atoms with Crippen LogP contribution in [0.15, 0.2) is 23.5 Å². The molecule has 17 heavy (non-hydrogen) atoms. The largest absolute Gasteiger partial charge is 0.263 e. The third-order valence-corrected chi connectivity index (χ3v) is 2.65. The Bertz CT molecular complexity index is 562. The van der Waals surface area contributed by atoms with E-state index >= 15 is 0 Å². The number of thiophene rings is 1. The average Bonchev–Trinajstić information content (AvgIpc) is 2.80. The summed E-state index contributed by atoms with van der Waals surface area (Å²) >= 11 is 1.31. The quantitative estimate of drug-likeness (QED) is 0.584. The zero-order valence-electron chi connectivity index (χ0n) is 8.51. The van der Waals surface area contributed by atoms with Crippen LogP contribution in [0.25, 0.3) is 21.8 Å². The van der Waals surface area contributed by atoms with Crippen molar-refractivity contribution in [2.75, 3.05) is 0 Å². The molecule has 0 aliphatic carbocycles. The molecular weight excluding hydrogens is 232 g/mol. The summed E-state index contributed by atoms with van der Waals surface area (Å²) in [5, 5.41) is 17.2. The van der Waals surface area contributed by atoms with E-state index < -0.39 is 0 Å². The van der Waals surface area contributed by atoms with Crippen molar-refractivity contribution in [3.05, 3.63) is 56.1 Å². The van der Waals surface area contributed by atoms with Crippen LogP contribution < -0.4 is 0 Å². The molecule has 0 radical (unpaired) electrons. The first-order valence-electron chi connectivity index (χ1n) is 4.32. The summed E-state index contributed by atoms with van der Waals surface area (Å²) in [5.74, 6) is 0. The molecule has 0 aromatic carbocycles. The van der Waals surface area contributed by atoms with E-state index in [1.54, 1.807) is 24.3 Å². The fraction of sp³-hybridized carbons (Fsp3) is 0. The Morgan fingerprint density at radius 1 is 1.06 bits per heavy atom. The molecule has 0 spiro atoms. The fourth-order valence-electron chi connectivity index (χ4n) is 0.972. The summed E-state index contributed by atoms with van der Waals surface area (Å²) in [6.45, 7) is 13.5. The molecule has 0 N–H and O–H groups in total. The molecule has 0 atom stereocenters. The van der Waals surface area contributed by atoms with E-state index in [0.29, 0.717) is 0 Å². The fourth-order valence-corrected chi connectivity index (χ4v) is 1.86. The molecule has 5 heteroatoms. The predicted molar refractivity (Wildman–Crippen MR) is 64.7 cm³/mol. The lowest BCUT2D eigenvalue weighted by molar-refractivity contribution is 1.51. The van der Waals surface area contributed by atoms with Crippen LogP contribution in [0.2, 0.25) is 0 Å². The Balaban J connectivity index is 3.05. The first-order chi connectivity index (χ1) is 8.23. The zero-order chi connectivity index (χ0) is 12.7. The molecule has 0 amide bonds. The zero-order valence-corrected chi connectivity index (χ0v) is 9.32. The van der Waals surface area contributed by atoms with Gasteiger partial charge in [0.1, 0.15) is 0 Å². The van der Waals surface area contributed by atoms with Crippen molar-refractivity contribution in [1.29, 1.82) is 10.5 Å². The molecule has 0 bridgehead atoms. The molecule has 1 rings (SSSR count). The number of nitriles is 2. The van der Waals surface area contributed by atoms with Crippen LogP contribution in [0, 0.1) is 35.8 Å². The molecule has 0 aliphatic heterocycles. The first kappa shape index (κ1) is 12.2. The van der Waals surface area contributed by atoms with Crippen LogP contribution in [0.4, 0.5) is 0 Å². The summed E-state index contributed by atoms with van der Waals surface area (Å²) in [6, 6.07) is 7.01. The second-order valence-corrected chi connectivity index (χ2v) is 3.89. The van der Waals surface area contributed by atoms with E-state index in [2.05, 4.69) is 9.69 Å². The van der Waals surface area contributed by atoms with Crippen LogP contribution in [0.5, 0.6) is 0 Å². The standard InChI is InChI=1S/C12H4N4S/c1-15-9(7-13)5-11-3-4-12(17-11)6-10(8-14)16-2/h3-6H/b9-5-,10-6+. The number of rotatable bonds is 2. The molecule has 1 aromatic heterocycles. The topological polar surface area (TPSA) is 56.3 Å². The van der Waals surface area contributed by atoms with E-state index in [-0.39, 0.29) is 11.4 Å². The van der Waals surface area contributed by atoms with Crippen LogP contribution in [-0.2, 0) is 0 Å². The lowest BCUT2D eigenvalue weighted by Gasteiger charge is -1.84. The van der Waals surface area contributed by atoms with Gasteiger partial charge in [0, 0.05) is 9.75 Å². The van der Waals surface area contributed by atoms with Crippen molar-refractivity contribution in [2.45, 2.75) is 0 Å². The molecule has 0 unspecified atom stereocenters. The average molecular weight is 236 g/mol. The number of hydrogen-bond acceptors (Lipinski definition) is 3. The van der Waals surface area contributed by atoms with Crippen LogP contribution in [0.3, 0.4) is 0 Å². The molecule has 0 saturated carbocycles. The van der Waals surface area contributed by atoms with Gasteiger partial charge in [-0.05, 0) is 24.3 Å². The normalized spacial score (nSPS) is 10.8. The molecule has 78 valence electrons. The Hall–Kier alpha value is -2.86. The molecule has 4 nitrogen and oxygen atoms in total. The molecule has 1 heterocycles. The van der Waals surface area contributed by atoms with E-state index in [1.807, 2.05) is 0 Å². The van der Waals surface area contributed by atoms with E-state index in [0.717, 1.165) is 9.75 Å². The van der Waals surface area contributed by atoms with Crippen molar-refractivity contribution in [2.24, 2.45) is 0 Å². The maximum Gasteiger partial charge on any atom is 0.263 e. The first-order valence-corrected chi connectivity index (χ1v) is 5.13. The van der Waals surface area contributed by atoms with Crippen molar-refractivity contribution in [3.8, 4) is 12.1 Å². The van der Waals surface area contributed by atoms with Crippen molar-refractivity contribution >= 4 is 23.5 Å². The van der Waals surface area contributed by atoms with E-state index in [9.17, 15) is 0 Å². The van der Waals surface area contributed by atoms with Crippen molar-refractivity contribution in [3.63, 3.8) is 0 Å². The molecule has 0 fully saturated rings. The molecule has 1 aromatic rings. The van der Waals surface area contributed by atoms with E-state index in [1.165, 1.54) is 23.5 Å². The van der Waals surface area contributed by atoms with Gasteiger partial charge in [-0.15, -0.1) is 11.3 Å². The molecule has 0 saturated heterocycles. The van der Waals surface area contributed by atoms with E-state index in [4.69, 9.17) is 23.7 Å². The maximum atomic E-state index is 8.59. The van der Waals surface area contributed by atoms with Gasteiger partial charge in [-0.1, -0.05) is 0 Å². The van der Waals surface area contributed by atoms with Gasteiger partial charge in [0.2, 0.25) is 0 Å². The Kier molecular flexibility index (Phi) is 4.23. The molecular formula is C12H4N4S. The molecule has 0 aliphatic rings. The minimum absolute atomic E-state index is 0.00747. The highest BCUT2D eigenvalue weighted by atomic mass is 32.1. The highest BCUT2D eigenvalue weighted by molar-refractivity contribution is 7.13. The third-order valence-electron chi connectivity index (χ3n) is 1.68. The summed E-state index contributed by atoms with van der Waals surface area (Å²) < 4.78 is 0. The number of hydrogen-bond donors (Lipinski definition) is 0. The smallest absolute Gasteiger partial charge is 0.227 e. The lowest BCUT2D eigenvalue weighted by atomic mass is 10.3. The summed E-state index contributed by atoms with van der Waals surface area (Å²) in [5.41, 5.74) is 0.0149. The highest BCUT2D eigenvalue weighted by Gasteiger charge is 2.00. The highest BCUT2D eigenvalue weighted by Crippen LogP contribution is 2.22. The van der Waals surface area contributed by atoms with Gasteiger partial charge in [-0.25, -0.2) is 20.2 Å². The SMILES string of the molecule is [C-]#[N+]/C(C#N)=C\c1ccc(/C=C(\C#N)[N+]#[C-])s1. The van der Waals surface area contributed by atoms with Crippen molar-refractivity contribution in [1.82, 2.24) is 0 Å². The second kappa shape index (κ2) is 5.89. The monoisotopic (exact) mass is 236 g/mol. The Morgan fingerprint density at radius 2 is 1.47 bits per heavy atom. The van der Waals surface area contributed by atoms with Crippen molar-refractivity contribution < 1.29 is 0 Å². The summed E-state index contributed by atoms with van der Waals surface area (Å²) in [7, 11) is 0. The van der Waals surface area contributed by atoms with Gasteiger partial charge in [0.15, 0.2) is 0 Å². The van der Waals surface area contributed by atoms with Crippen LogP contribution in [-0.4, -0.2) is 0 Å². The number of allylic oxidation sites excluding steroid dienone is 2. The lowest BCUT2D eigenvalue weighted by Crippen LogP contribution is -1.66. The van der Waals surface area contributed by atoms with Gasteiger partial charge in [0.25, 0.3) is 11.4 Å². The maximum absolute atomic E-state index is 8.59.